The first-order chi connectivity index (χ1) is 11.3. The molecule has 0 fully saturated rings. The number of nitrogens with zero attached hydrogens (tertiary/aromatic N) is 2. The smallest absolute Gasteiger partial charge is 0.233 e. The van der Waals surface area contributed by atoms with Crippen LogP contribution < -0.4 is 10.1 Å². The fraction of sp³-hybridized carbons (Fsp3) is 0.278. The minimum absolute atomic E-state index is 0.135. The van der Waals surface area contributed by atoms with E-state index in [4.69, 9.17) is 9.84 Å². The molecule has 0 amide bonds. The standard InChI is InChI=1S/C18H21N3O2/c1-14-12-18(23-11-9-19-8-10-22)20-21(14)17-7-6-15-4-2-3-5-16(15)13-17/h2-7,12-13,19,22H,8-11H2,1H3. The molecular formula is C18H21N3O2. The lowest BCUT2D eigenvalue weighted by Gasteiger charge is -2.06. The van der Waals surface area contributed by atoms with Crippen molar-refractivity contribution in [2.24, 2.45) is 0 Å². The largest absolute Gasteiger partial charge is 0.475 e. The summed E-state index contributed by atoms with van der Waals surface area (Å²) in [6, 6.07) is 16.5. The van der Waals surface area contributed by atoms with Crippen molar-refractivity contribution in [3.8, 4) is 11.6 Å². The first-order valence-corrected chi connectivity index (χ1v) is 7.78. The van der Waals surface area contributed by atoms with Crippen LogP contribution in [0.25, 0.3) is 16.5 Å². The predicted octanol–water partition coefficient (Wildman–Crippen LogP) is 2.29. The minimum Gasteiger partial charge on any atom is -0.475 e. The van der Waals surface area contributed by atoms with E-state index in [1.807, 2.05) is 29.8 Å². The summed E-state index contributed by atoms with van der Waals surface area (Å²) in [6.45, 7) is 3.93. The van der Waals surface area contributed by atoms with Gasteiger partial charge in [-0.3, -0.25) is 0 Å². The summed E-state index contributed by atoms with van der Waals surface area (Å²) in [4.78, 5) is 0. The number of rotatable bonds is 7. The van der Waals surface area contributed by atoms with Crippen LogP contribution in [0, 0.1) is 6.92 Å². The van der Waals surface area contributed by atoms with E-state index in [2.05, 4.69) is 40.7 Å². The maximum absolute atomic E-state index is 8.70. The van der Waals surface area contributed by atoms with Gasteiger partial charge in [-0.15, -0.1) is 5.10 Å². The SMILES string of the molecule is Cc1cc(OCCNCCO)nn1-c1ccc2ccccc2c1. The van der Waals surface area contributed by atoms with Gasteiger partial charge < -0.3 is 15.2 Å². The van der Waals surface area contributed by atoms with Crippen LogP contribution in [0.2, 0.25) is 0 Å². The molecule has 0 radical (unpaired) electrons. The molecule has 0 aliphatic heterocycles. The highest BCUT2D eigenvalue weighted by Gasteiger charge is 2.07. The predicted molar refractivity (Wildman–Crippen MR) is 91.3 cm³/mol. The number of hydrogen-bond acceptors (Lipinski definition) is 4. The molecule has 0 unspecified atom stereocenters. The lowest BCUT2D eigenvalue weighted by Crippen LogP contribution is -2.24. The highest BCUT2D eigenvalue weighted by molar-refractivity contribution is 5.84. The summed E-state index contributed by atoms with van der Waals surface area (Å²) in [5, 5.41) is 18.7. The molecule has 3 aromatic rings. The highest BCUT2D eigenvalue weighted by atomic mass is 16.5. The molecule has 0 saturated heterocycles. The maximum atomic E-state index is 8.70. The Kier molecular flexibility index (Phi) is 4.90. The monoisotopic (exact) mass is 311 g/mol. The zero-order valence-corrected chi connectivity index (χ0v) is 13.2. The van der Waals surface area contributed by atoms with Crippen molar-refractivity contribution in [3.63, 3.8) is 0 Å². The van der Waals surface area contributed by atoms with Crippen molar-refractivity contribution < 1.29 is 9.84 Å². The van der Waals surface area contributed by atoms with Gasteiger partial charge in [-0.1, -0.05) is 30.3 Å². The van der Waals surface area contributed by atoms with E-state index in [9.17, 15) is 0 Å². The highest BCUT2D eigenvalue weighted by Crippen LogP contribution is 2.21. The van der Waals surface area contributed by atoms with Gasteiger partial charge in [-0.25, -0.2) is 4.68 Å². The number of ether oxygens (including phenoxy) is 1. The Morgan fingerprint density at radius 3 is 2.74 bits per heavy atom. The normalized spacial score (nSPS) is 11.0. The van der Waals surface area contributed by atoms with E-state index in [1.54, 1.807) is 0 Å². The summed E-state index contributed by atoms with van der Waals surface area (Å²) in [5.74, 6) is 0.612. The first-order valence-electron chi connectivity index (χ1n) is 7.78. The lowest BCUT2D eigenvalue weighted by molar-refractivity contribution is 0.271. The maximum Gasteiger partial charge on any atom is 0.233 e. The Bertz CT molecular complexity index is 783. The van der Waals surface area contributed by atoms with E-state index in [0.717, 1.165) is 11.4 Å². The molecule has 0 aliphatic rings. The lowest BCUT2D eigenvalue weighted by atomic mass is 10.1. The third-order valence-electron chi connectivity index (χ3n) is 3.66. The second kappa shape index (κ2) is 7.26. The molecule has 5 nitrogen and oxygen atoms in total. The van der Waals surface area contributed by atoms with Crippen molar-refractivity contribution in [2.75, 3.05) is 26.3 Å². The van der Waals surface area contributed by atoms with Crippen LogP contribution in [0.5, 0.6) is 5.88 Å². The van der Waals surface area contributed by atoms with Gasteiger partial charge in [0, 0.05) is 24.8 Å². The number of aryl methyl sites for hydroxylation is 1. The van der Waals surface area contributed by atoms with Gasteiger partial charge >= 0.3 is 0 Å². The third-order valence-corrected chi connectivity index (χ3v) is 3.66. The summed E-state index contributed by atoms with van der Waals surface area (Å²) >= 11 is 0. The fourth-order valence-electron chi connectivity index (χ4n) is 2.52. The van der Waals surface area contributed by atoms with Crippen LogP contribution >= 0.6 is 0 Å². The zero-order valence-electron chi connectivity index (χ0n) is 13.2. The minimum atomic E-state index is 0.135. The van der Waals surface area contributed by atoms with Gasteiger partial charge in [-0.2, -0.15) is 0 Å². The van der Waals surface area contributed by atoms with Crippen LogP contribution in [0.15, 0.2) is 48.5 Å². The number of nitrogens with one attached hydrogen (secondary N) is 1. The molecule has 5 heteroatoms. The summed E-state index contributed by atoms with van der Waals surface area (Å²) in [7, 11) is 0. The van der Waals surface area contributed by atoms with E-state index >= 15 is 0 Å². The third kappa shape index (κ3) is 3.70. The van der Waals surface area contributed by atoms with Crippen LogP contribution in [0.3, 0.4) is 0 Å². The molecule has 0 spiro atoms. The Balaban J connectivity index is 1.74. The van der Waals surface area contributed by atoms with Gasteiger partial charge in [0.05, 0.1) is 12.3 Å². The molecule has 23 heavy (non-hydrogen) atoms. The van der Waals surface area contributed by atoms with Crippen LogP contribution in [0.1, 0.15) is 5.69 Å². The van der Waals surface area contributed by atoms with Crippen LogP contribution in [-0.4, -0.2) is 41.2 Å². The number of fused-ring (bicyclic) bond motifs is 1. The molecule has 0 bridgehead atoms. The van der Waals surface area contributed by atoms with Crippen molar-refractivity contribution >= 4 is 10.8 Å². The Hall–Kier alpha value is -2.37. The Morgan fingerprint density at radius 1 is 1.09 bits per heavy atom. The molecule has 1 aromatic heterocycles. The summed E-state index contributed by atoms with van der Waals surface area (Å²) in [5.41, 5.74) is 2.05. The average molecular weight is 311 g/mol. The zero-order chi connectivity index (χ0) is 16.1. The van der Waals surface area contributed by atoms with E-state index in [0.29, 0.717) is 25.6 Å². The Morgan fingerprint density at radius 2 is 1.91 bits per heavy atom. The Labute approximate surface area is 135 Å². The summed E-state index contributed by atoms with van der Waals surface area (Å²) in [6.07, 6.45) is 0. The molecule has 0 atom stereocenters. The second-order valence-corrected chi connectivity index (χ2v) is 5.39. The quantitative estimate of drug-likeness (QED) is 0.657. The first kappa shape index (κ1) is 15.5. The summed E-state index contributed by atoms with van der Waals surface area (Å²) < 4.78 is 7.54. The van der Waals surface area contributed by atoms with Crippen LogP contribution in [0.4, 0.5) is 0 Å². The van der Waals surface area contributed by atoms with Crippen molar-refractivity contribution in [1.29, 1.82) is 0 Å². The van der Waals surface area contributed by atoms with E-state index < -0.39 is 0 Å². The topological polar surface area (TPSA) is 59.3 Å². The molecule has 2 aromatic carbocycles. The number of aliphatic hydroxyl groups excluding tert-OH is 1. The van der Waals surface area contributed by atoms with Gasteiger partial charge in [0.2, 0.25) is 5.88 Å². The van der Waals surface area contributed by atoms with Crippen molar-refractivity contribution in [2.45, 2.75) is 6.92 Å². The molecule has 3 rings (SSSR count). The van der Waals surface area contributed by atoms with Crippen molar-refractivity contribution in [1.82, 2.24) is 15.1 Å². The molecule has 0 aliphatic carbocycles. The second-order valence-electron chi connectivity index (χ2n) is 5.39. The van der Waals surface area contributed by atoms with Crippen molar-refractivity contribution in [3.05, 3.63) is 54.2 Å². The molecule has 0 saturated carbocycles. The van der Waals surface area contributed by atoms with Gasteiger partial charge in [-0.05, 0) is 29.8 Å². The number of aromatic nitrogens is 2. The number of aliphatic hydroxyl groups is 1. The fourth-order valence-corrected chi connectivity index (χ4v) is 2.52. The van der Waals surface area contributed by atoms with Crippen LogP contribution in [-0.2, 0) is 0 Å². The molecule has 2 N–H and O–H groups in total. The van der Waals surface area contributed by atoms with Gasteiger partial charge in [0.15, 0.2) is 0 Å². The average Bonchev–Trinajstić information content (AvgIpc) is 2.95. The molecule has 120 valence electrons. The number of benzene rings is 2. The van der Waals surface area contributed by atoms with Gasteiger partial charge in [0.1, 0.15) is 6.61 Å². The molecule has 1 heterocycles. The number of hydrogen-bond donors (Lipinski definition) is 2. The van der Waals surface area contributed by atoms with E-state index in [-0.39, 0.29) is 6.61 Å². The van der Waals surface area contributed by atoms with E-state index in [1.165, 1.54) is 10.8 Å². The van der Waals surface area contributed by atoms with Gasteiger partial charge in [0.25, 0.3) is 0 Å². The molecular weight excluding hydrogens is 290 g/mol.